The summed E-state index contributed by atoms with van der Waals surface area (Å²) in [6.45, 7) is 7.24. The number of aryl methyl sites for hydroxylation is 1. The van der Waals surface area contributed by atoms with Crippen molar-refractivity contribution in [2.75, 3.05) is 32.7 Å². The van der Waals surface area contributed by atoms with E-state index in [-0.39, 0.29) is 11.8 Å². The summed E-state index contributed by atoms with van der Waals surface area (Å²) in [6.07, 6.45) is 4.45. The number of hydrogen-bond acceptors (Lipinski definition) is 3. The summed E-state index contributed by atoms with van der Waals surface area (Å²) < 4.78 is 0. The van der Waals surface area contributed by atoms with Crippen molar-refractivity contribution < 1.29 is 14.4 Å². The number of benzene rings is 1. The number of hydrogen-bond donors (Lipinski definition) is 0. The van der Waals surface area contributed by atoms with E-state index >= 15 is 0 Å². The Morgan fingerprint density at radius 3 is 2.11 bits per heavy atom. The van der Waals surface area contributed by atoms with Crippen LogP contribution in [0.1, 0.15) is 43.7 Å². The van der Waals surface area contributed by atoms with Gasteiger partial charge in [0.1, 0.15) is 0 Å². The molecule has 0 N–H and O–H groups in total. The molecule has 3 amide bonds. The normalized spacial score (nSPS) is 19.6. The molecule has 6 nitrogen and oxygen atoms in total. The van der Waals surface area contributed by atoms with Crippen molar-refractivity contribution in [2.45, 2.75) is 46.1 Å². The van der Waals surface area contributed by atoms with Gasteiger partial charge >= 0.3 is 11.8 Å². The minimum atomic E-state index is -0.492. The van der Waals surface area contributed by atoms with E-state index in [0.717, 1.165) is 31.5 Å². The first-order valence-corrected chi connectivity index (χ1v) is 10.4. The molecule has 1 aromatic carbocycles. The first kappa shape index (κ1) is 20.4. The Balaban J connectivity index is 1.55. The molecule has 0 bridgehead atoms. The van der Waals surface area contributed by atoms with Crippen LogP contribution in [0.15, 0.2) is 24.3 Å². The maximum absolute atomic E-state index is 12.7. The zero-order valence-corrected chi connectivity index (χ0v) is 17.0. The Bertz CT molecular complexity index is 708. The van der Waals surface area contributed by atoms with Gasteiger partial charge < -0.3 is 14.7 Å². The quantitative estimate of drug-likeness (QED) is 0.730. The van der Waals surface area contributed by atoms with Crippen LogP contribution >= 0.6 is 0 Å². The van der Waals surface area contributed by atoms with Gasteiger partial charge in [-0.3, -0.25) is 14.4 Å². The zero-order chi connectivity index (χ0) is 20.1. The van der Waals surface area contributed by atoms with Gasteiger partial charge in [-0.2, -0.15) is 0 Å². The Hall–Kier alpha value is -2.37. The van der Waals surface area contributed by atoms with E-state index in [1.165, 1.54) is 18.4 Å². The molecule has 0 aromatic heterocycles. The van der Waals surface area contributed by atoms with Crippen molar-refractivity contribution in [3.05, 3.63) is 35.4 Å². The average Bonchev–Trinajstić information content (AvgIpc) is 2.98. The Labute approximate surface area is 167 Å². The lowest BCUT2D eigenvalue weighted by atomic mass is 10.1. The van der Waals surface area contributed by atoms with Gasteiger partial charge in [-0.1, -0.05) is 49.6 Å². The molecule has 6 heteroatoms. The molecule has 1 unspecified atom stereocenters. The third-order valence-corrected chi connectivity index (χ3v) is 5.72. The van der Waals surface area contributed by atoms with Crippen molar-refractivity contribution in [1.82, 2.24) is 14.7 Å². The fourth-order valence-corrected chi connectivity index (χ4v) is 3.97. The van der Waals surface area contributed by atoms with E-state index in [1.54, 1.807) is 9.80 Å². The minimum Gasteiger partial charge on any atom is -0.342 e. The van der Waals surface area contributed by atoms with E-state index in [0.29, 0.717) is 26.2 Å². The summed E-state index contributed by atoms with van der Waals surface area (Å²) in [5.41, 5.74) is 2.18. The topological polar surface area (TPSA) is 60.9 Å². The number of piperazine rings is 1. The molecule has 2 fully saturated rings. The lowest BCUT2D eigenvalue weighted by Crippen LogP contribution is -2.55. The molecule has 0 saturated carbocycles. The van der Waals surface area contributed by atoms with Crippen LogP contribution in [-0.2, 0) is 20.9 Å². The van der Waals surface area contributed by atoms with Crippen LogP contribution in [0.3, 0.4) is 0 Å². The van der Waals surface area contributed by atoms with Crippen molar-refractivity contribution in [2.24, 2.45) is 5.92 Å². The van der Waals surface area contributed by atoms with Gasteiger partial charge in [0.25, 0.3) is 0 Å². The second-order valence-electron chi connectivity index (χ2n) is 8.10. The molecule has 2 aliphatic rings. The van der Waals surface area contributed by atoms with Crippen molar-refractivity contribution in [3.8, 4) is 0 Å². The Kier molecular flexibility index (Phi) is 6.70. The Morgan fingerprint density at radius 2 is 1.46 bits per heavy atom. The predicted molar refractivity (Wildman–Crippen MR) is 107 cm³/mol. The van der Waals surface area contributed by atoms with E-state index in [9.17, 15) is 14.4 Å². The lowest BCUT2D eigenvalue weighted by molar-refractivity contribution is -0.157. The molecule has 1 aromatic rings. The standard InChI is InChI=1S/C22H31N3O3/c1-17-7-9-19(10-8-17)16-25-14-13-24(21(27)22(25)28)15-18(2)20(26)23-11-5-3-4-6-12-23/h7-10,18H,3-6,11-16H2,1-2H3. The molecule has 28 heavy (non-hydrogen) atoms. The number of amides is 3. The van der Waals surface area contributed by atoms with E-state index in [2.05, 4.69) is 0 Å². The highest BCUT2D eigenvalue weighted by molar-refractivity contribution is 6.35. The summed E-state index contributed by atoms with van der Waals surface area (Å²) in [7, 11) is 0. The van der Waals surface area contributed by atoms with E-state index in [4.69, 9.17) is 0 Å². The van der Waals surface area contributed by atoms with Crippen molar-refractivity contribution in [1.29, 1.82) is 0 Å². The average molecular weight is 386 g/mol. The highest BCUT2D eigenvalue weighted by Gasteiger charge is 2.34. The van der Waals surface area contributed by atoms with Gasteiger partial charge in [0.15, 0.2) is 0 Å². The molecular weight excluding hydrogens is 354 g/mol. The van der Waals surface area contributed by atoms with Crippen LogP contribution in [0.4, 0.5) is 0 Å². The van der Waals surface area contributed by atoms with Gasteiger partial charge in [0.05, 0.1) is 5.92 Å². The highest BCUT2D eigenvalue weighted by atomic mass is 16.2. The molecule has 0 aliphatic carbocycles. The van der Waals surface area contributed by atoms with Crippen molar-refractivity contribution >= 4 is 17.7 Å². The second-order valence-corrected chi connectivity index (χ2v) is 8.10. The summed E-state index contributed by atoms with van der Waals surface area (Å²) in [5, 5.41) is 0. The SMILES string of the molecule is Cc1ccc(CN2CCN(CC(C)C(=O)N3CCCCCC3)C(=O)C2=O)cc1. The predicted octanol–water partition coefficient (Wildman–Crippen LogP) is 2.20. The van der Waals surface area contributed by atoms with Gasteiger partial charge in [-0.15, -0.1) is 0 Å². The van der Waals surface area contributed by atoms with Crippen molar-refractivity contribution in [3.63, 3.8) is 0 Å². The molecule has 3 rings (SSSR count). The first-order chi connectivity index (χ1) is 13.5. The third-order valence-electron chi connectivity index (χ3n) is 5.72. The number of nitrogens with zero attached hydrogens (tertiary/aromatic N) is 3. The highest BCUT2D eigenvalue weighted by Crippen LogP contribution is 2.16. The summed E-state index contributed by atoms with van der Waals surface area (Å²) in [4.78, 5) is 42.9. The van der Waals surface area contributed by atoms with Gasteiger partial charge in [0, 0.05) is 39.3 Å². The molecule has 152 valence electrons. The fourth-order valence-electron chi connectivity index (χ4n) is 3.97. The molecule has 0 radical (unpaired) electrons. The molecule has 2 saturated heterocycles. The fraction of sp³-hybridized carbons (Fsp3) is 0.591. The van der Waals surface area contributed by atoms with Crippen LogP contribution in [-0.4, -0.2) is 65.1 Å². The Morgan fingerprint density at radius 1 is 0.893 bits per heavy atom. The molecule has 2 heterocycles. The smallest absolute Gasteiger partial charge is 0.312 e. The summed E-state index contributed by atoms with van der Waals surface area (Å²) in [6, 6.07) is 7.99. The largest absolute Gasteiger partial charge is 0.342 e. The van der Waals surface area contributed by atoms with Crippen LogP contribution in [0, 0.1) is 12.8 Å². The third kappa shape index (κ3) is 4.91. The number of rotatable bonds is 5. The first-order valence-electron chi connectivity index (χ1n) is 10.4. The monoisotopic (exact) mass is 385 g/mol. The minimum absolute atomic E-state index is 0.101. The number of carbonyl (C=O) groups excluding carboxylic acids is 3. The molecule has 1 atom stereocenters. The van der Waals surface area contributed by atoms with E-state index in [1.807, 2.05) is 43.0 Å². The summed E-state index contributed by atoms with van der Waals surface area (Å²) in [5.74, 6) is -1.14. The second kappa shape index (κ2) is 9.22. The summed E-state index contributed by atoms with van der Waals surface area (Å²) >= 11 is 0. The van der Waals surface area contributed by atoms with Crippen LogP contribution in [0.2, 0.25) is 0 Å². The van der Waals surface area contributed by atoms with Gasteiger partial charge in [0.2, 0.25) is 5.91 Å². The van der Waals surface area contributed by atoms with Gasteiger partial charge in [-0.05, 0) is 25.3 Å². The van der Waals surface area contributed by atoms with Crippen LogP contribution < -0.4 is 0 Å². The molecule has 0 spiro atoms. The number of carbonyl (C=O) groups is 3. The van der Waals surface area contributed by atoms with Gasteiger partial charge in [-0.25, -0.2) is 0 Å². The maximum atomic E-state index is 12.7. The molecular formula is C22H31N3O3. The molecule has 2 aliphatic heterocycles. The maximum Gasteiger partial charge on any atom is 0.312 e. The van der Waals surface area contributed by atoms with Crippen LogP contribution in [0.5, 0.6) is 0 Å². The van der Waals surface area contributed by atoms with Crippen LogP contribution in [0.25, 0.3) is 0 Å². The lowest BCUT2D eigenvalue weighted by Gasteiger charge is -2.35. The zero-order valence-electron chi connectivity index (χ0n) is 17.0. The number of likely N-dealkylation sites (tertiary alicyclic amines) is 1. The van der Waals surface area contributed by atoms with E-state index < -0.39 is 11.8 Å².